The summed E-state index contributed by atoms with van der Waals surface area (Å²) in [5, 5.41) is 0. The van der Waals surface area contributed by atoms with E-state index in [9.17, 15) is 9.59 Å². The number of aryl methyl sites for hydroxylation is 1. The van der Waals surface area contributed by atoms with Crippen LogP contribution < -0.4 is 4.90 Å². The van der Waals surface area contributed by atoms with E-state index in [-0.39, 0.29) is 18.4 Å². The van der Waals surface area contributed by atoms with Crippen molar-refractivity contribution in [1.29, 1.82) is 0 Å². The van der Waals surface area contributed by atoms with Gasteiger partial charge >= 0.3 is 0 Å². The summed E-state index contributed by atoms with van der Waals surface area (Å²) < 4.78 is 0. The fourth-order valence-electron chi connectivity index (χ4n) is 2.53. The van der Waals surface area contributed by atoms with E-state index < -0.39 is 0 Å². The van der Waals surface area contributed by atoms with E-state index in [1.54, 1.807) is 16.7 Å². The second-order valence-corrected chi connectivity index (χ2v) is 7.47. The topological polar surface area (TPSA) is 40.6 Å². The van der Waals surface area contributed by atoms with Gasteiger partial charge < -0.3 is 9.80 Å². The molecule has 1 aromatic rings. The molecule has 4 nitrogen and oxygen atoms in total. The lowest BCUT2D eigenvalue weighted by Crippen LogP contribution is -2.47. The average Bonchev–Trinajstić information content (AvgIpc) is 2.51. The average molecular weight is 322 g/mol. The molecule has 0 radical (unpaired) electrons. The van der Waals surface area contributed by atoms with Gasteiger partial charge in [0.25, 0.3) is 0 Å². The second kappa shape index (κ2) is 6.32. The number of nitrogens with zero attached hydrogens (tertiary/aromatic N) is 2. The summed E-state index contributed by atoms with van der Waals surface area (Å²) in [4.78, 5) is 29.2. The maximum atomic E-state index is 12.4. The van der Waals surface area contributed by atoms with Crippen LogP contribution in [0.1, 0.15) is 5.56 Å². The van der Waals surface area contributed by atoms with Gasteiger partial charge in [-0.15, -0.1) is 11.8 Å². The van der Waals surface area contributed by atoms with Gasteiger partial charge in [0.2, 0.25) is 11.8 Å². The normalized spacial score (nSPS) is 18.6. The molecule has 2 aliphatic heterocycles. The number of fused-ring (bicyclic) bond motifs is 1. The highest BCUT2D eigenvalue weighted by molar-refractivity contribution is 8.00. The first kappa shape index (κ1) is 14.8. The van der Waals surface area contributed by atoms with Crippen LogP contribution in [0, 0.1) is 6.92 Å². The molecular weight excluding hydrogens is 304 g/mol. The summed E-state index contributed by atoms with van der Waals surface area (Å²) in [6.45, 7) is 3.79. The van der Waals surface area contributed by atoms with Gasteiger partial charge in [-0.25, -0.2) is 0 Å². The molecule has 0 atom stereocenters. The molecule has 6 heteroatoms. The van der Waals surface area contributed by atoms with Gasteiger partial charge in [-0.1, -0.05) is 6.07 Å². The molecule has 2 heterocycles. The van der Waals surface area contributed by atoms with E-state index >= 15 is 0 Å². The van der Waals surface area contributed by atoms with E-state index in [1.165, 1.54) is 5.56 Å². The smallest absolute Gasteiger partial charge is 0.242 e. The van der Waals surface area contributed by atoms with Crippen LogP contribution in [0.25, 0.3) is 0 Å². The number of carbonyl (C=O) groups excluding carboxylic acids is 2. The molecule has 2 amide bonds. The SMILES string of the molecule is Cc1ccc2c(c1)SCC(=O)N2CC(=O)N1CCSCC1. The fourth-order valence-corrected chi connectivity index (χ4v) is 4.47. The van der Waals surface area contributed by atoms with E-state index in [0.717, 1.165) is 35.2 Å². The van der Waals surface area contributed by atoms with E-state index in [0.29, 0.717) is 5.75 Å². The largest absolute Gasteiger partial charge is 0.339 e. The molecule has 112 valence electrons. The molecule has 0 saturated carbocycles. The van der Waals surface area contributed by atoms with Crippen LogP contribution in [0.15, 0.2) is 23.1 Å². The van der Waals surface area contributed by atoms with Crippen molar-refractivity contribution in [3.63, 3.8) is 0 Å². The van der Waals surface area contributed by atoms with Crippen molar-refractivity contribution in [2.75, 3.05) is 41.8 Å². The minimum absolute atomic E-state index is 0.0242. The minimum Gasteiger partial charge on any atom is -0.339 e. The predicted molar refractivity (Wildman–Crippen MR) is 88.2 cm³/mol. The Bertz CT molecular complexity index is 571. The third-order valence-corrected chi connectivity index (χ3v) is 5.69. The molecule has 0 N–H and O–H groups in total. The Kier molecular flexibility index (Phi) is 4.45. The first-order valence-electron chi connectivity index (χ1n) is 7.04. The van der Waals surface area contributed by atoms with E-state index in [4.69, 9.17) is 0 Å². The molecule has 1 saturated heterocycles. The molecule has 0 aromatic heterocycles. The highest BCUT2D eigenvalue weighted by atomic mass is 32.2. The Balaban J connectivity index is 1.78. The van der Waals surface area contributed by atoms with Crippen molar-refractivity contribution in [1.82, 2.24) is 4.90 Å². The second-order valence-electron chi connectivity index (χ2n) is 5.23. The lowest BCUT2D eigenvalue weighted by atomic mass is 10.2. The number of amides is 2. The lowest BCUT2D eigenvalue weighted by Gasteiger charge is -2.32. The van der Waals surface area contributed by atoms with Crippen LogP contribution in [0.5, 0.6) is 0 Å². The van der Waals surface area contributed by atoms with Crippen LogP contribution in [0.3, 0.4) is 0 Å². The number of hydrogen-bond acceptors (Lipinski definition) is 4. The molecule has 0 spiro atoms. The van der Waals surface area contributed by atoms with Crippen molar-refractivity contribution < 1.29 is 9.59 Å². The Hall–Kier alpha value is -1.14. The maximum absolute atomic E-state index is 12.4. The van der Waals surface area contributed by atoms with E-state index in [2.05, 4.69) is 6.07 Å². The monoisotopic (exact) mass is 322 g/mol. The predicted octanol–water partition coefficient (Wildman–Crippen LogP) is 2.01. The van der Waals surface area contributed by atoms with Gasteiger partial charge in [0, 0.05) is 29.5 Å². The van der Waals surface area contributed by atoms with Gasteiger partial charge in [0.1, 0.15) is 6.54 Å². The minimum atomic E-state index is 0.0242. The molecule has 3 rings (SSSR count). The summed E-state index contributed by atoms with van der Waals surface area (Å²) in [7, 11) is 0. The summed E-state index contributed by atoms with van der Waals surface area (Å²) in [6, 6.07) is 6.03. The number of thioether (sulfide) groups is 2. The fraction of sp³-hybridized carbons (Fsp3) is 0.467. The Morgan fingerprint density at radius 2 is 2.05 bits per heavy atom. The van der Waals surface area contributed by atoms with Gasteiger partial charge in [-0.2, -0.15) is 11.8 Å². The first-order chi connectivity index (χ1) is 10.1. The Morgan fingerprint density at radius 3 is 2.81 bits per heavy atom. The summed E-state index contributed by atoms with van der Waals surface area (Å²) >= 11 is 3.43. The molecule has 1 aromatic carbocycles. The quantitative estimate of drug-likeness (QED) is 0.835. The summed E-state index contributed by atoms with van der Waals surface area (Å²) in [5.41, 5.74) is 2.05. The van der Waals surface area contributed by atoms with Crippen molar-refractivity contribution in [3.8, 4) is 0 Å². The highest BCUT2D eigenvalue weighted by Gasteiger charge is 2.28. The van der Waals surface area contributed by atoms with Crippen molar-refractivity contribution in [3.05, 3.63) is 23.8 Å². The molecule has 21 heavy (non-hydrogen) atoms. The zero-order chi connectivity index (χ0) is 14.8. The Morgan fingerprint density at radius 1 is 1.29 bits per heavy atom. The third-order valence-electron chi connectivity index (χ3n) is 3.72. The number of benzene rings is 1. The van der Waals surface area contributed by atoms with Gasteiger partial charge in [0.15, 0.2) is 0 Å². The van der Waals surface area contributed by atoms with Crippen LogP contribution in [-0.2, 0) is 9.59 Å². The number of hydrogen-bond donors (Lipinski definition) is 0. The van der Waals surface area contributed by atoms with Gasteiger partial charge in [-0.3, -0.25) is 9.59 Å². The number of carbonyl (C=O) groups is 2. The number of rotatable bonds is 2. The standard InChI is InChI=1S/C15H18N2O2S2/c1-11-2-3-12-13(8-11)21-10-15(19)17(12)9-14(18)16-4-6-20-7-5-16/h2-3,8H,4-7,9-10H2,1H3. The molecule has 1 fully saturated rings. The van der Waals surface area contributed by atoms with Crippen LogP contribution in [-0.4, -0.2) is 53.6 Å². The third kappa shape index (κ3) is 3.21. The lowest BCUT2D eigenvalue weighted by molar-refractivity contribution is -0.130. The molecule has 0 unspecified atom stereocenters. The van der Waals surface area contributed by atoms with Crippen LogP contribution >= 0.6 is 23.5 Å². The van der Waals surface area contributed by atoms with Crippen LogP contribution in [0.4, 0.5) is 5.69 Å². The van der Waals surface area contributed by atoms with Crippen molar-refractivity contribution >= 4 is 41.0 Å². The van der Waals surface area contributed by atoms with Crippen molar-refractivity contribution in [2.24, 2.45) is 0 Å². The number of anilines is 1. The van der Waals surface area contributed by atoms with Crippen molar-refractivity contribution in [2.45, 2.75) is 11.8 Å². The van der Waals surface area contributed by atoms with Gasteiger partial charge in [-0.05, 0) is 24.6 Å². The highest BCUT2D eigenvalue weighted by Crippen LogP contribution is 2.35. The summed E-state index contributed by atoms with van der Waals surface area (Å²) in [5.74, 6) is 2.48. The summed E-state index contributed by atoms with van der Waals surface area (Å²) in [6.07, 6.45) is 0. The first-order valence-corrected chi connectivity index (χ1v) is 9.18. The molecule has 2 aliphatic rings. The molecular formula is C15H18N2O2S2. The maximum Gasteiger partial charge on any atom is 0.242 e. The zero-order valence-corrected chi connectivity index (χ0v) is 13.6. The Labute approximate surface area is 133 Å². The molecule has 0 bridgehead atoms. The van der Waals surface area contributed by atoms with E-state index in [1.807, 2.05) is 35.7 Å². The van der Waals surface area contributed by atoms with Gasteiger partial charge in [0.05, 0.1) is 11.4 Å². The van der Waals surface area contributed by atoms with Crippen LogP contribution in [0.2, 0.25) is 0 Å². The zero-order valence-electron chi connectivity index (χ0n) is 12.0. The molecule has 0 aliphatic carbocycles.